The van der Waals surface area contributed by atoms with E-state index < -0.39 is 41.0 Å². The number of amides is 6. The van der Waals surface area contributed by atoms with Crippen molar-refractivity contribution in [3.8, 4) is 0 Å². The van der Waals surface area contributed by atoms with Crippen molar-refractivity contribution in [1.82, 2.24) is 25.1 Å². The molecule has 6 amide bonds. The maximum Gasteiger partial charge on any atom is 0.262 e. The molecule has 2 fully saturated rings. The number of hydrogen-bond donors (Lipinski definition) is 5. The van der Waals surface area contributed by atoms with Crippen molar-refractivity contribution in [3.63, 3.8) is 0 Å². The average molecular weight is 723 g/mol. The number of fused-ring (bicyclic) bond motifs is 2. The van der Waals surface area contributed by atoms with Crippen LogP contribution < -0.4 is 21.7 Å². The highest BCUT2D eigenvalue weighted by molar-refractivity contribution is 6.23. The molecule has 3 atom stereocenters. The molecule has 4 heterocycles. The zero-order chi connectivity index (χ0) is 37.3. The lowest BCUT2D eigenvalue weighted by Crippen LogP contribution is -2.54. The fraction of sp³-hybridized carbons (Fsp3) is 0.395. The Morgan fingerprint density at radius 2 is 1.85 bits per heavy atom. The molecule has 1 aromatic heterocycles. The van der Waals surface area contributed by atoms with Gasteiger partial charge in [0, 0.05) is 42.6 Å². The number of carbonyl (C=O) groups excluding carboxylic acids is 6. The van der Waals surface area contributed by atoms with E-state index in [0.29, 0.717) is 29.5 Å². The number of imide groups is 2. The normalized spacial score (nSPS) is 23.0. The summed E-state index contributed by atoms with van der Waals surface area (Å²) in [6.07, 6.45) is 7.95. The highest BCUT2D eigenvalue weighted by Gasteiger charge is 2.44. The number of nitrogens with two attached hydrogens (primary N) is 1. The van der Waals surface area contributed by atoms with Crippen molar-refractivity contribution >= 4 is 57.9 Å². The summed E-state index contributed by atoms with van der Waals surface area (Å²) in [7, 11) is 0. The van der Waals surface area contributed by atoms with Crippen LogP contribution in [-0.4, -0.2) is 93.6 Å². The molecule has 2 saturated heterocycles. The van der Waals surface area contributed by atoms with E-state index in [2.05, 4.69) is 32.8 Å². The molecule has 15 nitrogen and oxygen atoms in total. The number of H-pyrrole nitrogens is 1. The fourth-order valence-corrected chi connectivity index (χ4v) is 7.47. The predicted octanol–water partition coefficient (Wildman–Crippen LogP) is 2.76. The summed E-state index contributed by atoms with van der Waals surface area (Å²) >= 11 is 0. The van der Waals surface area contributed by atoms with Crippen LogP contribution in [0.5, 0.6) is 0 Å². The maximum absolute atomic E-state index is 13.4. The molecular weight excluding hydrogens is 680 g/mol. The number of likely N-dealkylation sites (tertiary alicyclic amines) is 1. The first-order chi connectivity index (χ1) is 25.5. The van der Waals surface area contributed by atoms with Crippen molar-refractivity contribution in [2.75, 3.05) is 36.9 Å². The second-order valence-corrected chi connectivity index (χ2v) is 14.1. The summed E-state index contributed by atoms with van der Waals surface area (Å²) in [4.78, 5) is 87.5. The molecule has 0 saturated carbocycles. The number of benzene rings is 2. The molecule has 6 N–H and O–H groups in total. The number of rotatable bonds is 13. The van der Waals surface area contributed by atoms with Gasteiger partial charge >= 0.3 is 0 Å². The first-order valence-electron chi connectivity index (χ1n) is 17.9. The lowest BCUT2D eigenvalue weighted by Gasteiger charge is -2.30. The van der Waals surface area contributed by atoms with E-state index in [1.807, 2.05) is 18.2 Å². The third-order valence-corrected chi connectivity index (χ3v) is 10.5. The van der Waals surface area contributed by atoms with Crippen LogP contribution in [0.25, 0.3) is 11.0 Å². The quantitative estimate of drug-likeness (QED) is 0.129. The Kier molecular flexibility index (Phi) is 9.94. The number of aromatic nitrogens is 2. The molecule has 276 valence electrons. The summed E-state index contributed by atoms with van der Waals surface area (Å²) in [6, 6.07) is 9.78. The van der Waals surface area contributed by atoms with Gasteiger partial charge in [0.1, 0.15) is 11.9 Å². The molecule has 0 radical (unpaired) electrons. The van der Waals surface area contributed by atoms with Gasteiger partial charge in [-0.05, 0) is 82.0 Å². The lowest BCUT2D eigenvalue weighted by molar-refractivity contribution is -0.136. The third-order valence-electron chi connectivity index (χ3n) is 10.5. The highest BCUT2D eigenvalue weighted by Crippen LogP contribution is 2.36. The number of nitrogens with one attached hydrogen (secondary N) is 4. The van der Waals surface area contributed by atoms with Crippen LogP contribution in [-0.2, 0) is 30.5 Å². The number of nitrogens with zero attached hydrogens (tertiary/aromatic N) is 3. The van der Waals surface area contributed by atoms with Crippen LogP contribution in [0.2, 0.25) is 0 Å². The average Bonchev–Trinajstić information content (AvgIpc) is 3.81. The van der Waals surface area contributed by atoms with Crippen molar-refractivity contribution in [2.45, 2.75) is 64.1 Å². The molecule has 4 aliphatic rings. The minimum atomic E-state index is -1.11. The minimum absolute atomic E-state index is 0.0458. The Bertz CT molecular complexity index is 2070. The number of carbonyl (C=O) groups is 6. The second-order valence-electron chi connectivity index (χ2n) is 14.1. The van der Waals surface area contributed by atoms with Crippen molar-refractivity contribution in [3.05, 3.63) is 77.2 Å². The maximum atomic E-state index is 13.4. The van der Waals surface area contributed by atoms with Gasteiger partial charge in [-0.2, -0.15) is 0 Å². The third kappa shape index (κ3) is 7.35. The summed E-state index contributed by atoms with van der Waals surface area (Å²) < 4.78 is 5.82. The number of hydrogen-bond acceptors (Lipinski definition) is 10. The van der Waals surface area contributed by atoms with Crippen LogP contribution >= 0.6 is 0 Å². The van der Waals surface area contributed by atoms with Crippen LogP contribution in [0.1, 0.15) is 72.0 Å². The zero-order valence-corrected chi connectivity index (χ0v) is 29.4. The number of anilines is 2. The highest BCUT2D eigenvalue weighted by atomic mass is 16.5. The molecule has 2 aromatic carbocycles. The Balaban J connectivity index is 0.888. The van der Waals surface area contributed by atoms with E-state index in [1.165, 1.54) is 18.9 Å². The fourth-order valence-electron chi connectivity index (χ4n) is 7.47. The molecule has 3 aliphatic heterocycles. The van der Waals surface area contributed by atoms with Crippen LogP contribution in [0.3, 0.4) is 0 Å². The summed E-state index contributed by atoms with van der Waals surface area (Å²) in [5, 5.41) is 8.29. The van der Waals surface area contributed by atoms with Crippen LogP contribution in [0.4, 0.5) is 11.4 Å². The van der Waals surface area contributed by atoms with E-state index in [-0.39, 0.29) is 55.9 Å². The Morgan fingerprint density at radius 1 is 1.04 bits per heavy atom. The van der Waals surface area contributed by atoms with Gasteiger partial charge in [-0.1, -0.05) is 18.2 Å². The number of aromatic amines is 1. The predicted molar refractivity (Wildman–Crippen MR) is 194 cm³/mol. The minimum Gasteiger partial charge on any atom is -0.383 e. The van der Waals surface area contributed by atoms with Crippen molar-refractivity contribution in [1.29, 1.82) is 0 Å². The molecule has 53 heavy (non-hydrogen) atoms. The molecule has 3 aromatic rings. The first kappa shape index (κ1) is 35.7. The molecule has 15 heteroatoms. The Hall–Kier alpha value is -5.67. The van der Waals surface area contributed by atoms with Crippen LogP contribution in [0.15, 0.2) is 60.2 Å². The van der Waals surface area contributed by atoms with Gasteiger partial charge in [0.05, 0.1) is 40.7 Å². The molecule has 1 aliphatic carbocycles. The molecule has 7 rings (SSSR count). The van der Waals surface area contributed by atoms with Gasteiger partial charge in [0.2, 0.25) is 17.7 Å². The van der Waals surface area contributed by atoms with E-state index >= 15 is 0 Å². The lowest BCUT2D eigenvalue weighted by atomic mass is 9.75. The van der Waals surface area contributed by atoms with E-state index in [4.69, 9.17) is 15.5 Å². The Morgan fingerprint density at radius 3 is 2.62 bits per heavy atom. The largest absolute Gasteiger partial charge is 0.383 e. The molecule has 0 bridgehead atoms. The van der Waals surface area contributed by atoms with E-state index in [0.717, 1.165) is 34.8 Å². The monoisotopic (exact) mass is 722 g/mol. The number of imidazole rings is 1. The zero-order valence-electron chi connectivity index (χ0n) is 29.4. The SMILES string of the molecule is C[C@H]1CCCN1Cc1nc2cc(NC(=O)C3=CC=CC(CCOCCNc4ccc5c(c4)C(=O)N(C4CCC(=O)NC4=O)C5=O)(C(N)=O)C3)ccc2[nH]1. The van der Waals surface area contributed by atoms with Gasteiger partial charge < -0.3 is 26.1 Å². The summed E-state index contributed by atoms with van der Waals surface area (Å²) in [5.41, 5.74) is 8.37. The van der Waals surface area contributed by atoms with Gasteiger partial charge in [0.25, 0.3) is 17.7 Å². The Labute approximate surface area is 305 Å². The second kappa shape index (κ2) is 14.8. The smallest absolute Gasteiger partial charge is 0.262 e. The van der Waals surface area contributed by atoms with Crippen LogP contribution in [0, 0.1) is 5.41 Å². The van der Waals surface area contributed by atoms with Crippen molar-refractivity contribution < 1.29 is 33.5 Å². The molecule has 0 spiro atoms. The van der Waals surface area contributed by atoms with Gasteiger partial charge in [0.15, 0.2) is 0 Å². The summed E-state index contributed by atoms with van der Waals surface area (Å²) in [5.74, 6) is -2.26. The number of piperidine rings is 1. The van der Waals surface area contributed by atoms with Crippen molar-refractivity contribution in [2.24, 2.45) is 11.1 Å². The van der Waals surface area contributed by atoms with E-state index in [1.54, 1.807) is 30.4 Å². The number of ether oxygens (including phenoxy) is 1. The van der Waals surface area contributed by atoms with E-state index in [9.17, 15) is 28.8 Å². The van der Waals surface area contributed by atoms with Gasteiger partial charge in [-0.15, -0.1) is 0 Å². The molecular formula is C38H42N8O7. The molecule has 2 unspecified atom stereocenters. The van der Waals surface area contributed by atoms with Gasteiger partial charge in [-0.3, -0.25) is 43.9 Å². The standard InChI is InChI=1S/C38H42N8O7/c1-22-4-3-15-45(22)21-31-42-28-9-7-25(19-29(28)43-31)41-33(48)23-5-2-12-38(20-23,37(39)52)13-16-53-17-14-40-24-6-8-26-27(18-24)36(51)46(35(26)50)30-10-11-32(47)44-34(30)49/h2,5-9,12,18-19,22,30,40H,3-4,10-11,13-17,20-21H2,1H3,(H2,39,52)(H,41,48)(H,42,43)(H,44,47,49)/t22-,30?,38?/m0/s1. The summed E-state index contributed by atoms with van der Waals surface area (Å²) in [6.45, 7) is 4.83. The number of primary amides is 1. The first-order valence-corrected chi connectivity index (χ1v) is 17.9. The number of allylic oxidation sites excluding steroid dienone is 2. The van der Waals surface area contributed by atoms with Gasteiger partial charge in [-0.25, -0.2) is 4.98 Å². The topological polar surface area (TPSA) is 209 Å².